The normalized spacial score (nSPS) is 11.4. The number of carbonyl (C=O) groups excluding carboxylic acids is 2. The zero-order valence-electron chi connectivity index (χ0n) is 14.2. The number of benzene rings is 2. The van der Waals surface area contributed by atoms with Gasteiger partial charge in [-0.25, -0.2) is 4.79 Å². The summed E-state index contributed by atoms with van der Waals surface area (Å²) in [6.45, 7) is 1.95. The van der Waals surface area contributed by atoms with Crippen molar-refractivity contribution in [3.63, 3.8) is 0 Å². The van der Waals surface area contributed by atoms with E-state index < -0.39 is 12.2 Å². The van der Waals surface area contributed by atoms with Crippen molar-refractivity contribution in [3.05, 3.63) is 58.1 Å². The fraction of sp³-hybridized carbons (Fsp3) is 0.222. The molecule has 0 radical (unpaired) electrons. The Morgan fingerprint density at radius 1 is 1.12 bits per heavy atom. The summed E-state index contributed by atoms with van der Waals surface area (Å²) < 4.78 is 10.1. The Labute approximate surface area is 161 Å². The van der Waals surface area contributed by atoms with Gasteiger partial charge in [0.25, 0.3) is 5.91 Å². The predicted octanol–water partition coefficient (Wildman–Crippen LogP) is 4.26. The molecule has 1 atom stereocenters. The highest BCUT2D eigenvalue weighted by Crippen LogP contribution is 2.28. The molecule has 0 saturated heterocycles. The van der Waals surface area contributed by atoms with E-state index >= 15 is 0 Å². The molecule has 2 aromatic rings. The maximum absolute atomic E-state index is 12.2. The molecule has 0 aromatic heterocycles. The minimum atomic E-state index is -0.728. The van der Waals surface area contributed by atoms with Crippen molar-refractivity contribution in [2.24, 2.45) is 0 Å². The Morgan fingerprint density at radius 2 is 1.81 bits per heavy atom. The lowest BCUT2D eigenvalue weighted by molar-refractivity contribution is -0.127. The van der Waals surface area contributed by atoms with E-state index in [0.29, 0.717) is 28.0 Å². The number of ether oxygens (including phenoxy) is 2. The van der Waals surface area contributed by atoms with Gasteiger partial charge in [0.2, 0.25) is 0 Å². The maximum Gasteiger partial charge on any atom is 0.411 e. The summed E-state index contributed by atoms with van der Waals surface area (Å²) >= 11 is 11.9. The van der Waals surface area contributed by atoms with E-state index in [0.717, 1.165) is 5.56 Å². The first-order chi connectivity index (χ1) is 12.4. The molecular formula is C18H18Cl2N2O4. The highest BCUT2D eigenvalue weighted by molar-refractivity contribution is 6.35. The van der Waals surface area contributed by atoms with Crippen LogP contribution in [0.3, 0.4) is 0 Å². The molecule has 0 aliphatic carbocycles. The number of anilines is 1. The van der Waals surface area contributed by atoms with Crippen LogP contribution in [0.4, 0.5) is 10.5 Å². The first-order valence-corrected chi connectivity index (χ1v) is 8.48. The largest absolute Gasteiger partial charge is 0.479 e. The molecule has 1 unspecified atom stereocenters. The summed E-state index contributed by atoms with van der Waals surface area (Å²) in [6.07, 6.45) is -1.27. The standard InChI is InChI=1S/C18H18Cl2N2O4/c1-11(26-16-8-5-13(19)9-15(16)20)17(23)21-10-12-3-6-14(7-4-12)22-18(24)25-2/h3-9,11H,10H2,1-2H3,(H,21,23)(H,22,24). The SMILES string of the molecule is COC(=O)Nc1ccc(CNC(=O)C(C)Oc2ccc(Cl)cc2Cl)cc1. The second kappa shape index (κ2) is 9.31. The summed E-state index contributed by atoms with van der Waals surface area (Å²) in [6, 6.07) is 11.8. The third-order valence-electron chi connectivity index (χ3n) is 3.42. The topological polar surface area (TPSA) is 76.7 Å². The number of methoxy groups -OCH3 is 1. The Hall–Kier alpha value is -2.44. The number of rotatable bonds is 6. The van der Waals surface area contributed by atoms with E-state index in [4.69, 9.17) is 27.9 Å². The van der Waals surface area contributed by atoms with Crippen LogP contribution in [0.1, 0.15) is 12.5 Å². The summed E-state index contributed by atoms with van der Waals surface area (Å²) in [5, 5.41) is 6.15. The van der Waals surface area contributed by atoms with Crippen molar-refractivity contribution in [1.82, 2.24) is 5.32 Å². The van der Waals surface area contributed by atoms with E-state index in [1.165, 1.54) is 7.11 Å². The van der Waals surface area contributed by atoms with E-state index in [-0.39, 0.29) is 5.91 Å². The van der Waals surface area contributed by atoms with Gasteiger partial charge < -0.3 is 14.8 Å². The zero-order valence-corrected chi connectivity index (χ0v) is 15.7. The quantitative estimate of drug-likeness (QED) is 0.764. The summed E-state index contributed by atoms with van der Waals surface area (Å²) in [4.78, 5) is 23.3. The van der Waals surface area contributed by atoms with Crippen molar-refractivity contribution in [2.75, 3.05) is 12.4 Å². The maximum atomic E-state index is 12.2. The summed E-state index contributed by atoms with van der Waals surface area (Å²) in [5.74, 6) is 0.102. The Balaban J connectivity index is 1.86. The second-order valence-corrected chi connectivity index (χ2v) is 6.21. The van der Waals surface area contributed by atoms with Crippen LogP contribution in [-0.4, -0.2) is 25.2 Å². The van der Waals surface area contributed by atoms with Gasteiger partial charge in [-0.1, -0.05) is 35.3 Å². The van der Waals surface area contributed by atoms with E-state index in [2.05, 4.69) is 15.4 Å². The average molecular weight is 397 g/mol. The van der Waals surface area contributed by atoms with Crippen molar-refractivity contribution >= 4 is 40.9 Å². The van der Waals surface area contributed by atoms with Crippen molar-refractivity contribution in [2.45, 2.75) is 19.6 Å². The minimum Gasteiger partial charge on any atom is -0.479 e. The molecule has 6 nitrogen and oxygen atoms in total. The van der Waals surface area contributed by atoms with Crippen LogP contribution in [0, 0.1) is 0 Å². The van der Waals surface area contributed by atoms with E-state index in [9.17, 15) is 9.59 Å². The second-order valence-electron chi connectivity index (χ2n) is 5.37. The molecule has 0 aliphatic heterocycles. The number of carbonyl (C=O) groups is 2. The van der Waals surface area contributed by atoms with Crippen LogP contribution in [0.15, 0.2) is 42.5 Å². The highest BCUT2D eigenvalue weighted by Gasteiger charge is 2.16. The van der Waals surface area contributed by atoms with Gasteiger partial charge in [-0.3, -0.25) is 10.1 Å². The fourth-order valence-corrected chi connectivity index (χ4v) is 2.48. The Bertz CT molecular complexity index is 781. The van der Waals surface area contributed by atoms with Crippen LogP contribution in [0.2, 0.25) is 10.0 Å². The first-order valence-electron chi connectivity index (χ1n) is 7.72. The third kappa shape index (κ3) is 5.82. The van der Waals surface area contributed by atoms with E-state index in [1.807, 2.05) is 0 Å². The molecule has 2 rings (SSSR count). The van der Waals surface area contributed by atoms with Crippen molar-refractivity contribution < 1.29 is 19.1 Å². The molecule has 0 spiro atoms. The molecule has 0 fully saturated rings. The molecule has 0 heterocycles. The summed E-state index contributed by atoms with van der Waals surface area (Å²) in [5.41, 5.74) is 1.46. The fourth-order valence-electron chi connectivity index (χ4n) is 2.02. The van der Waals surface area contributed by atoms with Gasteiger partial charge in [-0.15, -0.1) is 0 Å². The average Bonchev–Trinajstić information content (AvgIpc) is 2.63. The van der Waals surface area contributed by atoms with Gasteiger partial charge in [0.05, 0.1) is 12.1 Å². The smallest absolute Gasteiger partial charge is 0.411 e. The third-order valence-corrected chi connectivity index (χ3v) is 3.95. The molecule has 8 heteroatoms. The van der Waals surface area contributed by atoms with Crippen LogP contribution < -0.4 is 15.4 Å². The van der Waals surface area contributed by atoms with Gasteiger partial charge >= 0.3 is 6.09 Å². The minimum absolute atomic E-state index is 0.284. The number of halogens is 2. The van der Waals surface area contributed by atoms with Gasteiger partial charge in [0, 0.05) is 17.3 Å². The Kier molecular flexibility index (Phi) is 7.12. The molecule has 0 aliphatic rings. The van der Waals surface area contributed by atoms with Gasteiger partial charge in [0.15, 0.2) is 6.10 Å². The molecule has 2 amide bonds. The zero-order chi connectivity index (χ0) is 19.1. The van der Waals surface area contributed by atoms with Crippen LogP contribution in [-0.2, 0) is 16.1 Å². The lowest BCUT2D eigenvalue weighted by Gasteiger charge is -2.16. The molecule has 138 valence electrons. The number of hydrogen-bond acceptors (Lipinski definition) is 4. The van der Waals surface area contributed by atoms with Crippen molar-refractivity contribution in [1.29, 1.82) is 0 Å². The molecule has 2 aromatic carbocycles. The lowest BCUT2D eigenvalue weighted by Crippen LogP contribution is -2.35. The highest BCUT2D eigenvalue weighted by atomic mass is 35.5. The monoisotopic (exact) mass is 396 g/mol. The predicted molar refractivity (Wildman–Crippen MR) is 101 cm³/mol. The van der Waals surface area contributed by atoms with Gasteiger partial charge in [0.1, 0.15) is 5.75 Å². The lowest BCUT2D eigenvalue weighted by atomic mass is 10.2. The molecule has 26 heavy (non-hydrogen) atoms. The van der Waals surface area contributed by atoms with Gasteiger partial charge in [-0.05, 0) is 42.8 Å². The van der Waals surface area contributed by atoms with Crippen LogP contribution in [0.5, 0.6) is 5.75 Å². The van der Waals surface area contributed by atoms with Gasteiger partial charge in [-0.2, -0.15) is 0 Å². The number of nitrogens with one attached hydrogen (secondary N) is 2. The van der Waals surface area contributed by atoms with Crippen LogP contribution >= 0.6 is 23.2 Å². The van der Waals surface area contributed by atoms with E-state index in [1.54, 1.807) is 49.4 Å². The molecule has 0 saturated carbocycles. The Morgan fingerprint density at radius 3 is 2.42 bits per heavy atom. The number of amides is 2. The molecule has 0 bridgehead atoms. The van der Waals surface area contributed by atoms with Crippen LogP contribution in [0.25, 0.3) is 0 Å². The molecule has 2 N–H and O–H groups in total. The number of hydrogen-bond donors (Lipinski definition) is 2. The first kappa shape index (κ1) is 19.9. The summed E-state index contributed by atoms with van der Waals surface area (Å²) in [7, 11) is 1.29. The molecular weight excluding hydrogens is 379 g/mol. The van der Waals surface area contributed by atoms with Crippen molar-refractivity contribution in [3.8, 4) is 5.75 Å².